The molecule has 2 bridgehead atoms. The normalized spacial score (nSPS) is 22.6. The van der Waals surface area contributed by atoms with Crippen LogP contribution in [0.3, 0.4) is 0 Å². The number of nitrogens with one attached hydrogen (secondary N) is 1. The van der Waals surface area contributed by atoms with Crippen molar-refractivity contribution in [2.24, 2.45) is 0 Å². The molecule has 2 aliphatic heterocycles. The van der Waals surface area contributed by atoms with Gasteiger partial charge in [-0.1, -0.05) is 11.3 Å². The molecular formula is C23H26N4O3S. The standard InChI is InChI=1S/C23H26N4O3S/c1-14-9-21-22(24-12-14)26-23(31-21)30-20-7-5-19(6-8-20)29-13-25-16-10-17-3-4-18(11-16)27(17)15(2)28/h5-9,12,16-18,25H,3-4,10-11,13H2,1-2H3/t16?,17-,18+. The number of hydrogen-bond donors (Lipinski definition) is 1. The maximum atomic E-state index is 11.8. The summed E-state index contributed by atoms with van der Waals surface area (Å²) in [5.74, 6) is 1.71. The Kier molecular flexibility index (Phi) is 5.50. The Morgan fingerprint density at radius 3 is 2.61 bits per heavy atom. The van der Waals surface area contributed by atoms with Crippen LogP contribution in [0, 0.1) is 6.92 Å². The van der Waals surface area contributed by atoms with Crippen LogP contribution in [0.1, 0.15) is 38.2 Å². The lowest BCUT2D eigenvalue weighted by atomic mass is 9.97. The molecule has 3 atom stereocenters. The third kappa shape index (κ3) is 4.36. The molecule has 8 heteroatoms. The maximum Gasteiger partial charge on any atom is 0.281 e. The van der Waals surface area contributed by atoms with Crippen molar-refractivity contribution in [2.75, 3.05) is 6.73 Å². The van der Waals surface area contributed by atoms with Crippen molar-refractivity contribution in [3.63, 3.8) is 0 Å². The Morgan fingerprint density at radius 2 is 1.90 bits per heavy atom. The first-order valence-corrected chi connectivity index (χ1v) is 11.5. The van der Waals surface area contributed by atoms with Gasteiger partial charge in [0.1, 0.15) is 18.2 Å². The molecule has 1 aromatic carbocycles. The minimum absolute atomic E-state index is 0.210. The van der Waals surface area contributed by atoms with Gasteiger partial charge in [-0.25, -0.2) is 4.98 Å². The average Bonchev–Trinajstić information content (AvgIpc) is 3.26. The van der Waals surface area contributed by atoms with E-state index < -0.39 is 0 Å². The van der Waals surface area contributed by atoms with Gasteiger partial charge in [0.05, 0.1) is 4.70 Å². The van der Waals surface area contributed by atoms with Crippen molar-refractivity contribution in [1.82, 2.24) is 20.2 Å². The van der Waals surface area contributed by atoms with Crippen molar-refractivity contribution >= 4 is 27.6 Å². The number of piperidine rings is 1. The summed E-state index contributed by atoms with van der Waals surface area (Å²) in [5.41, 5.74) is 1.81. The van der Waals surface area contributed by atoms with Crippen LogP contribution >= 0.6 is 11.3 Å². The number of hydrogen-bond acceptors (Lipinski definition) is 7. The largest absolute Gasteiger partial charge is 0.478 e. The number of amides is 1. The zero-order valence-electron chi connectivity index (χ0n) is 17.7. The summed E-state index contributed by atoms with van der Waals surface area (Å²) in [6, 6.07) is 10.8. The van der Waals surface area contributed by atoms with E-state index in [1.807, 2.05) is 37.4 Å². The molecule has 4 heterocycles. The minimum Gasteiger partial charge on any atom is -0.478 e. The van der Waals surface area contributed by atoms with Gasteiger partial charge in [0.2, 0.25) is 5.91 Å². The smallest absolute Gasteiger partial charge is 0.281 e. The number of nitrogens with zero attached hydrogens (tertiary/aromatic N) is 3. The summed E-state index contributed by atoms with van der Waals surface area (Å²) in [6.45, 7) is 4.15. The third-order valence-electron chi connectivity index (χ3n) is 6.10. The number of benzene rings is 1. The van der Waals surface area contributed by atoms with Crippen LogP contribution in [0.25, 0.3) is 10.3 Å². The van der Waals surface area contributed by atoms with E-state index in [2.05, 4.69) is 26.3 Å². The number of thiazole rings is 1. The molecule has 0 spiro atoms. The molecule has 0 aliphatic carbocycles. The van der Waals surface area contributed by atoms with Gasteiger partial charge in [0.15, 0.2) is 5.65 Å². The van der Waals surface area contributed by atoms with Crippen molar-refractivity contribution in [3.8, 4) is 16.7 Å². The van der Waals surface area contributed by atoms with Crippen molar-refractivity contribution in [2.45, 2.75) is 57.7 Å². The molecule has 2 fully saturated rings. The molecule has 5 rings (SSSR count). The number of rotatable bonds is 6. The number of aryl methyl sites for hydroxylation is 1. The van der Waals surface area contributed by atoms with E-state index >= 15 is 0 Å². The Morgan fingerprint density at radius 1 is 1.19 bits per heavy atom. The predicted molar refractivity (Wildman–Crippen MR) is 120 cm³/mol. The van der Waals surface area contributed by atoms with Crippen LogP contribution in [0.5, 0.6) is 16.7 Å². The Hall–Kier alpha value is -2.71. The number of fused-ring (bicyclic) bond motifs is 3. The fraction of sp³-hybridized carbons (Fsp3) is 0.435. The highest BCUT2D eigenvalue weighted by atomic mass is 32.1. The molecule has 0 radical (unpaired) electrons. The number of pyridine rings is 1. The topological polar surface area (TPSA) is 76.6 Å². The van der Waals surface area contributed by atoms with Crippen molar-refractivity contribution in [1.29, 1.82) is 0 Å². The van der Waals surface area contributed by atoms with Crippen LogP contribution in [-0.4, -0.2) is 45.6 Å². The highest BCUT2D eigenvalue weighted by molar-refractivity contribution is 7.20. The summed E-state index contributed by atoms with van der Waals surface area (Å²) >= 11 is 1.49. The minimum atomic E-state index is 0.210. The van der Waals surface area contributed by atoms with E-state index in [-0.39, 0.29) is 5.91 Å². The second-order valence-electron chi connectivity index (χ2n) is 8.36. The van der Waals surface area contributed by atoms with Crippen LogP contribution in [0.2, 0.25) is 0 Å². The van der Waals surface area contributed by atoms with E-state index in [4.69, 9.17) is 9.47 Å². The van der Waals surface area contributed by atoms with Gasteiger partial charge in [0.25, 0.3) is 5.19 Å². The van der Waals surface area contributed by atoms with Gasteiger partial charge in [-0.05, 0) is 68.5 Å². The van der Waals surface area contributed by atoms with Gasteiger partial charge in [-0.3, -0.25) is 10.1 Å². The van der Waals surface area contributed by atoms with Crippen LogP contribution < -0.4 is 14.8 Å². The monoisotopic (exact) mass is 438 g/mol. The highest BCUT2D eigenvalue weighted by Crippen LogP contribution is 2.36. The summed E-state index contributed by atoms with van der Waals surface area (Å²) in [6.07, 6.45) is 6.05. The molecule has 162 valence electrons. The number of aromatic nitrogens is 2. The SMILES string of the molecule is CC(=O)N1[C@@H]2CC[C@H]1CC(NCOc1ccc(Oc3nc4ncc(C)cc4s3)cc1)C2. The lowest BCUT2D eigenvalue weighted by molar-refractivity contribution is -0.133. The Bertz CT molecular complexity index is 1070. The fourth-order valence-electron chi connectivity index (χ4n) is 4.75. The summed E-state index contributed by atoms with van der Waals surface area (Å²) in [5, 5.41) is 4.08. The molecule has 0 saturated carbocycles. The molecule has 2 aliphatic rings. The maximum absolute atomic E-state index is 11.8. The van der Waals surface area contributed by atoms with Gasteiger partial charge in [-0.15, -0.1) is 0 Å². The fourth-order valence-corrected chi connectivity index (χ4v) is 5.64. The van der Waals surface area contributed by atoms with Crippen LogP contribution in [0.15, 0.2) is 36.5 Å². The zero-order valence-corrected chi connectivity index (χ0v) is 18.5. The molecule has 1 amide bonds. The summed E-state index contributed by atoms with van der Waals surface area (Å²) < 4.78 is 12.8. The van der Waals surface area contributed by atoms with Gasteiger partial charge in [0, 0.05) is 31.2 Å². The molecule has 2 aromatic heterocycles. The summed E-state index contributed by atoms with van der Waals surface area (Å²) in [4.78, 5) is 22.7. The average molecular weight is 439 g/mol. The zero-order chi connectivity index (χ0) is 21.4. The molecule has 2 saturated heterocycles. The highest BCUT2D eigenvalue weighted by Gasteiger charge is 2.41. The number of carbonyl (C=O) groups excluding carboxylic acids is 1. The first kappa shape index (κ1) is 20.2. The van der Waals surface area contributed by atoms with E-state index in [0.717, 1.165) is 41.7 Å². The second kappa shape index (κ2) is 8.43. The van der Waals surface area contributed by atoms with Gasteiger partial charge < -0.3 is 14.4 Å². The number of ether oxygens (including phenoxy) is 2. The van der Waals surface area contributed by atoms with Crippen LogP contribution in [-0.2, 0) is 4.79 Å². The van der Waals surface area contributed by atoms with Gasteiger partial charge in [-0.2, -0.15) is 4.98 Å². The van der Waals surface area contributed by atoms with Gasteiger partial charge >= 0.3 is 0 Å². The third-order valence-corrected chi connectivity index (χ3v) is 6.97. The van der Waals surface area contributed by atoms with E-state index in [1.54, 1.807) is 6.92 Å². The molecular weight excluding hydrogens is 412 g/mol. The lowest BCUT2D eigenvalue weighted by Gasteiger charge is -2.38. The second-order valence-corrected chi connectivity index (χ2v) is 9.35. The quantitative estimate of drug-likeness (QED) is 0.580. The molecule has 1 unspecified atom stereocenters. The van der Waals surface area contributed by atoms with E-state index in [0.29, 0.717) is 41.4 Å². The van der Waals surface area contributed by atoms with Crippen molar-refractivity contribution < 1.29 is 14.3 Å². The molecule has 1 N–H and O–H groups in total. The lowest BCUT2D eigenvalue weighted by Crippen LogP contribution is -2.51. The van der Waals surface area contributed by atoms with E-state index in [9.17, 15) is 4.79 Å². The molecule has 7 nitrogen and oxygen atoms in total. The first-order chi connectivity index (χ1) is 15.0. The Balaban J connectivity index is 1.12. The number of carbonyl (C=O) groups is 1. The predicted octanol–water partition coefficient (Wildman–Crippen LogP) is 4.26. The van der Waals surface area contributed by atoms with E-state index in [1.165, 1.54) is 11.3 Å². The Labute approximate surface area is 185 Å². The molecule has 3 aromatic rings. The van der Waals surface area contributed by atoms with Crippen LogP contribution in [0.4, 0.5) is 0 Å². The van der Waals surface area contributed by atoms with Crippen molar-refractivity contribution in [3.05, 3.63) is 42.1 Å². The first-order valence-electron chi connectivity index (χ1n) is 10.7. The molecule has 31 heavy (non-hydrogen) atoms. The summed E-state index contributed by atoms with van der Waals surface area (Å²) in [7, 11) is 0.